The Labute approximate surface area is 213 Å². The van der Waals surface area contributed by atoms with Gasteiger partial charge in [0.1, 0.15) is 24.4 Å². The second kappa shape index (κ2) is 16.2. The van der Waals surface area contributed by atoms with Gasteiger partial charge in [0, 0.05) is 6.42 Å². The van der Waals surface area contributed by atoms with E-state index in [9.17, 15) is 38.7 Å². The van der Waals surface area contributed by atoms with Crippen molar-refractivity contribution >= 4 is 41.9 Å². The molecule has 7 atom stereocenters. The van der Waals surface area contributed by atoms with Crippen LogP contribution in [0.5, 0.6) is 0 Å². The number of aliphatic hydroxyl groups excluding tert-OH is 1. The number of aldehydes is 1. The maximum absolute atomic E-state index is 13.0. The molecule has 0 saturated carbocycles. The Bertz CT molecular complexity index is 848. The number of carbonyl (C=O) groups excluding carboxylic acids is 5. The van der Waals surface area contributed by atoms with Gasteiger partial charge in [-0.1, -0.05) is 20.3 Å². The molecule has 0 aliphatic heterocycles. The van der Waals surface area contributed by atoms with Crippen molar-refractivity contribution in [2.75, 3.05) is 0 Å². The van der Waals surface area contributed by atoms with Gasteiger partial charge in [-0.3, -0.25) is 28.8 Å². The first-order valence-electron chi connectivity index (χ1n) is 11.7. The number of aliphatic carboxylic acids is 2. The van der Waals surface area contributed by atoms with E-state index in [2.05, 4.69) is 21.3 Å². The number of nitrogens with two attached hydrogens (primary N) is 1. The van der Waals surface area contributed by atoms with Crippen LogP contribution in [0.25, 0.3) is 0 Å². The lowest BCUT2D eigenvalue weighted by molar-refractivity contribution is -0.140. The van der Waals surface area contributed by atoms with Crippen LogP contribution in [0.3, 0.4) is 0 Å². The fourth-order valence-corrected chi connectivity index (χ4v) is 3.04. The molecule has 0 rings (SSSR count). The summed E-state index contributed by atoms with van der Waals surface area (Å²) in [5.74, 6) is -6.57. The number of rotatable bonds is 17. The molecular weight excluding hydrogens is 494 g/mol. The van der Waals surface area contributed by atoms with Gasteiger partial charge in [0.05, 0.1) is 24.6 Å². The summed E-state index contributed by atoms with van der Waals surface area (Å²) < 4.78 is 0. The fourth-order valence-electron chi connectivity index (χ4n) is 3.04. The number of carbonyl (C=O) groups is 7. The van der Waals surface area contributed by atoms with E-state index in [1.165, 1.54) is 6.92 Å². The van der Waals surface area contributed by atoms with E-state index in [0.29, 0.717) is 6.42 Å². The molecule has 0 aromatic carbocycles. The molecule has 0 aliphatic carbocycles. The highest BCUT2D eigenvalue weighted by molar-refractivity contribution is 5.95. The monoisotopic (exact) mass is 531 g/mol. The summed E-state index contributed by atoms with van der Waals surface area (Å²) >= 11 is 0. The molecule has 0 fully saturated rings. The predicted molar refractivity (Wildman–Crippen MR) is 128 cm³/mol. The zero-order chi connectivity index (χ0) is 28.9. The van der Waals surface area contributed by atoms with E-state index >= 15 is 0 Å². The van der Waals surface area contributed by atoms with Crippen molar-refractivity contribution in [2.24, 2.45) is 11.7 Å². The average Bonchev–Trinajstić information content (AvgIpc) is 2.80. The molecule has 0 aromatic heterocycles. The maximum Gasteiger partial charge on any atom is 0.305 e. The summed E-state index contributed by atoms with van der Waals surface area (Å²) in [7, 11) is 0. The molecule has 4 amide bonds. The summed E-state index contributed by atoms with van der Waals surface area (Å²) in [5, 5.41) is 37.0. The van der Waals surface area contributed by atoms with Crippen molar-refractivity contribution in [3.63, 3.8) is 0 Å². The lowest BCUT2D eigenvalue weighted by Crippen LogP contribution is -2.60. The number of carboxylic acid groups (broad SMARTS) is 2. The lowest BCUT2D eigenvalue weighted by atomic mass is 9.97. The Morgan fingerprint density at radius 1 is 0.811 bits per heavy atom. The predicted octanol–water partition coefficient (Wildman–Crippen LogP) is -2.76. The smallest absolute Gasteiger partial charge is 0.305 e. The van der Waals surface area contributed by atoms with Gasteiger partial charge in [-0.05, 0) is 26.2 Å². The molecule has 0 aliphatic rings. The van der Waals surface area contributed by atoms with Crippen molar-refractivity contribution in [1.29, 1.82) is 0 Å². The number of hydrogen-bond acceptors (Lipinski definition) is 9. The van der Waals surface area contributed by atoms with Crippen LogP contribution in [-0.4, -0.2) is 93.5 Å². The molecule has 0 spiro atoms. The van der Waals surface area contributed by atoms with Gasteiger partial charge in [-0.25, -0.2) is 0 Å². The number of carboxylic acids is 2. The van der Waals surface area contributed by atoms with E-state index in [1.807, 2.05) is 0 Å². The van der Waals surface area contributed by atoms with Gasteiger partial charge in [-0.15, -0.1) is 0 Å². The summed E-state index contributed by atoms with van der Waals surface area (Å²) in [4.78, 5) is 83.5. The van der Waals surface area contributed by atoms with Crippen LogP contribution in [0.2, 0.25) is 0 Å². The number of amides is 4. The van der Waals surface area contributed by atoms with Crippen LogP contribution in [0.1, 0.15) is 53.4 Å². The zero-order valence-corrected chi connectivity index (χ0v) is 21.2. The second-order valence-corrected chi connectivity index (χ2v) is 8.73. The first-order valence-corrected chi connectivity index (χ1v) is 11.7. The van der Waals surface area contributed by atoms with Gasteiger partial charge < -0.3 is 47.1 Å². The number of nitrogens with one attached hydrogen (secondary N) is 4. The Hall–Kier alpha value is -3.59. The van der Waals surface area contributed by atoms with Gasteiger partial charge >= 0.3 is 11.9 Å². The maximum atomic E-state index is 13.0. The van der Waals surface area contributed by atoms with Gasteiger partial charge in [0.15, 0.2) is 0 Å². The Kier molecular flexibility index (Phi) is 14.6. The highest BCUT2D eigenvalue weighted by atomic mass is 16.4. The largest absolute Gasteiger partial charge is 0.481 e. The van der Waals surface area contributed by atoms with Gasteiger partial charge in [0.2, 0.25) is 23.6 Å². The first-order chi connectivity index (χ1) is 17.1. The third-order valence-electron chi connectivity index (χ3n) is 5.44. The highest BCUT2D eigenvalue weighted by Gasteiger charge is 2.34. The Morgan fingerprint density at radius 3 is 1.78 bits per heavy atom. The highest BCUT2D eigenvalue weighted by Crippen LogP contribution is 2.10. The molecule has 0 bridgehead atoms. The van der Waals surface area contributed by atoms with Crippen molar-refractivity contribution in [3.05, 3.63) is 0 Å². The Morgan fingerprint density at radius 2 is 1.35 bits per heavy atom. The third kappa shape index (κ3) is 12.3. The van der Waals surface area contributed by atoms with E-state index < -0.39 is 97.1 Å². The minimum atomic E-state index is -1.67. The van der Waals surface area contributed by atoms with Crippen molar-refractivity contribution in [3.8, 4) is 0 Å². The van der Waals surface area contributed by atoms with Crippen molar-refractivity contribution < 1.29 is 48.9 Å². The summed E-state index contributed by atoms with van der Waals surface area (Å²) in [6.07, 6.45) is -2.57. The molecule has 0 saturated heterocycles. The van der Waals surface area contributed by atoms with E-state index in [-0.39, 0.29) is 6.29 Å². The van der Waals surface area contributed by atoms with Gasteiger partial charge in [0.25, 0.3) is 0 Å². The molecule has 15 heteroatoms. The van der Waals surface area contributed by atoms with E-state index in [1.54, 1.807) is 13.8 Å². The quantitative estimate of drug-likeness (QED) is 0.0892. The van der Waals surface area contributed by atoms with Gasteiger partial charge in [-0.2, -0.15) is 0 Å². The van der Waals surface area contributed by atoms with Crippen LogP contribution in [0.4, 0.5) is 0 Å². The molecule has 0 radical (unpaired) electrons. The van der Waals surface area contributed by atoms with Crippen LogP contribution in [0.15, 0.2) is 0 Å². The summed E-state index contributed by atoms with van der Waals surface area (Å²) in [5.41, 5.74) is 5.55. The van der Waals surface area contributed by atoms with E-state index in [0.717, 1.165) is 6.92 Å². The SMILES string of the molecule is CC[C@H](C)[C@H](NC(=O)[C@H](C)N)C(=O)N[C@@H](CCC(=O)O)C(=O)N[C@H](C(=O)N[C@H](C=O)CC(=O)O)[C@@H](C)O. The lowest BCUT2D eigenvalue weighted by Gasteiger charge is -2.28. The minimum Gasteiger partial charge on any atom is -0.481 e. The summed E-state index contributed by atoms with van der Waals surface area (Å²) in [6.45, 7) is 5.99. The van der Waals surface area contributed by atoms with Crippen LogP contribution in [0, 0.1) is 5.92 Å². The van der Waals surface area contributed by atoms with Crippen LogP contribution < -0.4 is 27.0 Å². The Balaban J connectivity index is 5.79. The topological polar surface area (TPSA) is 254 Å². The molecular formula is C22H37N5O10. The minimum absolute atomic E-state index is 0.175. The zero-order valence-electron chi connectivity index (χ0n) is 21.2. The fraction of sp³-hybridized carbons (Fsp3) is 0.682. The average molecular weight is 532 g/mol. The van der Waals surface area contributed by atoms with Crippen molar-refractivity contribution in [2.45, 2.75) is 89.7 Å². The summed E-state index contributed by atoms with van der Waals surface area (Å²) in [6, 6.07) is -6.63. The standard InChI is InChI=1S/C22H37N5O10/c1-5-10(2)17(26-19(34)11(3)23)21(36)25-14(6-7-15(30)31)20(35)27-18(12(4)29)22(37)24-13(9-28)8-16(32)33/h9-14,17-18,29H,5-8,23H2,1-4H3,(H,24,37)(H,25,36)(H,26,34)(H,27,35)(H,30,31)(H,32,33)/t10-,11-,12+,13-,14-,17-,18-/m0/s1. The van der Waals surface area contributed by atoms with Crippen LogP contribution >= 0.6 is 0 Å². The molecule has 210 valence electrons. The molecule has 0 unspecified atom stereocenters. The number of hydrogen-bond donors (Lipinski definition) is 8. The molecule has 0 aromatic rings. The van der Waals surface area contributed by atoms with Crippen LogP contribution in [-0.2, 0) is 33.6 Å². The number of aliphatic hydroxyl groups is 1. The third-order valence-corrected chi connectivity index (χ3v) is 5.44. The molecule has 37 heavy (non-hydrogen) atoms. The van der Waals surface area contributed by atoms with E-state index in [4.69, 9.17) is 15.9 Å². The van der Waals surface area contributed by atoms with Crippen molar-refractivity contribution in [1.82, 2.24) is 21.3 Å². The second-order valence-electron chi connectivity index (χ2n) is 8.73. The first kappa shape index (κ1) is 33.4. The molecule has 9 N–H and O–H groups in total. The molecule has 0 heterocycles. The molecule has 15 nitrogen and oxygen atoms in total. The normalized spacial score (nSPS) is 16.5.